The molecule has 6 nitrogen and oxygen atoms in total. The topological polar surface area (TPSA) is 67.9 Å². The van der Waals surface area contributed by atoms with E-state index in [1.807, 2.05) is 13.8 Å². The zero-order valence-corrected chi connectivity index (χ0v) is 13.6. The number of hydrogen-bond acceptors (Lipinski definition) is 4. The van der Waals surface area contributed by atoms with Crippen LogP contribution in [0.2, 0.25) is 0 Å². The largest absolute Gasteiger partial charge is 0.493 e. The molecule has 1 N–H and O–H groups in total. The Morgan fingerprint density at radius 1 is 1.18 bits per heavy atom. The van der Waals surface area contributed by atoms with Gasteiger partial charge in [0.05, 0.1) is 13.7 Å². The van der Waals surface area contributed by atoms with Crippen LogP contribution in [0, 0.1) is 0 Å². The van der Waals surface area contributed by atoms with E-state index in [2.05, 4.69) is 5.32 Å². The maximum absolute atomic E-state index is 12.3. The van der Waals surface area contributed by atoms with Crippen LogP contribution in [0.3, 0.4) is 0 Å². The van der Waals surface area contributed by atoms with Crippen LogP contribution in [0.4, 0.5) is 0 Å². The van der Waals surface area contributed by atoms with Gasteiger partial charge in [-0.3, -0.25) is 9.59 Å². The van der Waals surface area contributed by atoms with Crippen LogP contribution in [0.15, 0.2) is 18.2 Å². The van der Waals surface area contributed by atoms with Gasteiger partial charge in [-0.25, -0.2) is 0 Å². The first-order valence-electron chi connectivity index (χ1n) is 7.38. The van der Waals surface area contributed by atoms with E-state index in [-0.39, 0.29) is 11.8 Å². The van der Waals surface area contributed by atoms with E-state index in [1.165, 1.54) is 14.0 Å². The molecular formula is C16H24N2O4. The third kappa shape index (κ3) is 4.95. The maximum Gasteiger partial charge on any atom is 0.253 e. The van der Waals surface area contributed by atoms with Gasteiger partial charge in [0.25, 0.3) is 5.91 Å². The molecule has 6 heteroatoms. The van der Waals surface area contributed by atoms with E-state index in [4.69, 9.17) is 9.47 Å². The Labute approximate surface area is 131 Å². The molecule has 0 aliphatic heterocycles. The van der Waals surface area contributed by atoms with E-state index in [0.29, 0.717) is 43.3 Å². The number of nitrogens with one attached hydrogen (secondary N) is 1. The zero-order valence-electron chi connectivity index (χ0n) is 13.6. The summed E-state index contributed by atoms with van der Waals surface area (Å²) in [5, 5.41) is 2.65. The molecule has 1 rings (SSSR count). The Morgan fingerprint density at radius 3 is 2.41 bits per heavy atom. The summed E-state index contributed by atoms with van der Waals surface area (Å²) >= 11 is 0. The van der Waals surface area contributed by atoms with Gasteiger partial charge in [-0.2, -0.15) is 0 Å². The van der Waals surface area contributed by atoms with Gasteiger partial charge in [-0.1, -0.05) is 0 Å². The number of carbonyl (C=O) groups is 2. The van der Waals surface area contributed by atoms with E-state index >= 15 is 0 Å². The molecule has 22 heavy (non-hydrogen) atoms. The molecule has 0 saturated carbocycles. The fourth-order valence-corrected chi connectivity index (χ4v) is 2.00. The van der Waals surface area contributed by atoms with Crippen LogP contribution in [0.25, 0.3) is 0 Å². The lowest BCUT2D eigenvalue weighted by Crippen LogP contribution is -2.30. The Balaban J connectivity index is 2.78. The molecule has 0 atom stereocenters. The highest BCUT2D eigenvalue weighted by molar-refractivity contribution is 5.94. The predicted octanol–water partition coefficient (Wildman–Crippen LogP) is 1.69. The van der Waals surface area contributed by atoms with Crippen molar-refractivity contribution < 1.29 is 19.1 Å². The van der Waals surface area contributed by atoms with Gasteiger partial charge in [0.15, 0.2) is 11.5 Å². The summed E-state index contributed by atoms with van der Waals surface area (Å²) in [4.78, 5) is 24.8. The van der Waals surface area contributed by atoms with Crippen LogP contribution in [0.5, 0.6) is 11.5 Å². The number of nitrogens with zero attached hydrogens (tertiary/aromatic N) is 1. The number of ether oxygens (including phenoxy) is 2. The van der Waals surface area contributed by atoms with Gasteiger partial charge < -0.3 is 19.7 Å². The van der Waals surface area contributed by atoms with Crippen LogP contribution < -0.4 is 14.8 Å². The molecule has 0 aromatic heterocycles. The standard InChI is InChI=1S/C16H24N2O4/c1-5-18(6-2)16(20)13-7-8-14(15(11-13)21-4)22-10-9-17-12(3)19/h7-8,11H,5-6,9-10H2,1-4H3,(H,17,19). The average Bonchev–Trinajstić information content (AvgIpc) is 2.52. The summed E-state index contributed by atoms with van der Waals surface area (Å²) in [6, 6.07) is 5.11. The van der Waals surface area contributed by atoms with Crippen LogP contribution in [-0.2, 0) is 4.79 Å². The first kappa shape index (κ1) is 17.8. The fourth-order valence-electron chi connectivity index (χ4n) is 2.00. The molecule has 0 radical (unpaired) electrons. The highest BCUT2D eigenvalue weighted by Crippen LogP contribution is 2.28. The van der Waals surface area contributed by atoms with Gasteiger partial charge in [-0.15, -0.1) is 0 Å². The lowest BCUT2D eigenvalue weighted by molar-refractivity contribution is -0.119. The van der Waals surface area contributed by atoms with Crippen molar-refractivity contribution in [2.75, 3.05) is 33.4 Å². The second kappa shape index (κ2) is 8.92. The maximum atomic E-state index is 12.3. The minimum atomic E-state index is -0.101. The molecular weight excluding hydrogens is 284 g/mol. The van der Waals surface area contributed by atoms with Gasteiger partial charge in [0.1, 0.15) is 6.61 Å². The molecule has 0 fully saturated rings. The molecule has 0 bridgehead atoms. The molecule has 0 spiro atoms. The summed E-state index contributed by atoms with van der Waals surface area (Å²) < 4.78 is 10.8. The molecule has 122 valence electrons. The van der Waals surface area contributed by atoms with Crippen LogP contribution in [-0.4, -0.2) is 50.1 Å². The molecule has 1 aromatic carbocycles. The fraction of sp³-hybridized carbons (Fsp3) is 0.500. The predicted molar refractivity (Wildman–Crippen MR) is 84.4 cm³/mol. The first-order chi connectivity index (χ1) is 10.5. The Morgan fingerprint density at radius 2 is 1.86 bits per heavy atom. The Bertz CT molecular complexity index is 513. The van der Waals surface area contributed by atoms with Gasteiger partial charge in [0, 0.05) is 25.6 Å². The zero-order chi connectivity index (χ0) is 16.5. The third-order valence-corrected chi connectivity index (χ3v) is 3.19. The number of carbonyl (C=O) groups excluding carboxylic acids is 2. The number of amides is 2. The van der Waals surface area contributed by atoms with Crippen molar-refractivity contribution in [3.05, 3.63) is 23.8 Å². The monoisotopic (exact) mass is 308 g/mol. The highest BCUT2D eigenvalue weighted by Gasteiger charge is 2.15. The summed E-state index contributed by atoms with van der Waals surface area (Å²) in [5.41, 5.74) is 0.565. The van der Waals surface area contributed by atoms with Crippen LogP contribution >= 0.6 is 0 Å². The number of benzene rings is 1. The van der Waals surface area contributed by atoms with E-state index in [1.54, 1.807) is 23.1 Å². The first-order valence-corrected chi connectivity index (χ1v) is 7.38. The van der Waals surface area contributed by atoms with E-state index in [9.17, 15) is 9.59 Å². The molecule has 1 aromatic rings. The van der Waals surface area contributed by atoms with Crippen molar-refractivity contribution in [3.8, 4) is 11.5 Å². The summed E-state index contributed by atoms with van der Waals surface area (Å²) in [6.07, 6.45) is 0. The van der Waals surface area contributed by atoms with E-state index < -0.39 is 0 Å². The highest BCUT2D eigenvalue weighted by atomic mass is 16.5. The second-order valence-electron chi connectivity index (χ2n) is 4.67. The lowest BCUT2D eigenvalue weighted by Gasteiger charge is -2.19. The SMILES string of the molecule is CCN(CC)C(=O)c1ccc(OCCNC(C)=O)c(OC)c1. The number of rotatable bonds is 8. The molecule has 0 aliphatic rings. The van der Waals surface area contributed by atoms with Crippen LogP contribution in [0.1, 0.15) is 31.1 Å². The number of methoxy groups -OCH3 is 1. The van der Waals surface area contributed by atoms with Crippen molar-refractivity contribution in [2.45, 2.75) is 20.8 Å². The average molecular weight is 308 g/mol. The molecule has 0 aliphatic carbocycles. The molecule has 0 unspecified atom stereocenters. The van der Waals surface area contributed by atoms with Crippen molar-refractivity contribution in [2.24, 2.45) is 0 Å². The van der Waals surface area contributed by atoms with Crippen molar-refractivity contribution in [1.82, 2.24) is 10.2 Å². The molecule has 2 amide bonds. The van der Waals surface area contributed by atoms with Crippen molar-refractivity contribution in [1.29, 1.82) is 0 Å². The second-order valence-corrected chi connectivity index (χ2v) is 4.67. The minimum absolute atomic E-state index is 0.0342. The summed E-state index contributed by atoms with van der Waals surface area (Å²) in [5.74, 6) is 0.911. The minimum Gasteiger partial charge on any atom is -0.493 e. The normalized spacial score (nSPS) is 10.0. The van der Waals surface area contributed by atoms with Crippen molar-refractivity contribution in [3.63, 3.8) is 0 Å². The van der Waals surface area contributed by atoms with Crippen molar-refractivity contribution >= 4 is 11.8 Å². The molecule has 0 heterocycles. The van der Waals surface area contributed by atoms with Gasteiger partial charge in [-0.05, 0) is 32.0 Å². The third-order valence-electron chi connectivity index (χ3n) is 3.19. The Kier molecular flexibility index (Phi) is 7.22. The lowest BCUT2D eigenvalue weighted by atomic mass is 10.1. The van der Waals surface area contributed by atoms with Gasteiger partial charge >= 0.3 is 0 Å². The van der Waals surface area contributed by atoms with Gasteiger partial charge in [0.2, 0.25) is 5.91 Å². The quantitative estimate of drug-likeness (QED) is 0.742. The van der Waals surface area contributed by atoms with E-state index in [0.717, 1.165) is 0 Å². The summed E-state index contributed by atoms with van der Waals surface area (Å²) in [6.45, 7) is 7.40. The smallest absolute Gasteiger partial charge is 0.253 e. The number of hydrogen-bond donors (Lipinski definition) is 1. The Hall–Kier alpha value is -2.24. The summed E-state index contributed by atoms with van der Waals surface area (Å²) in [7, 11) is 1.53. The molecule has 0 saturated heterocycles.